The van der Waals surface area contributed by atoms with Crippen molar-refractivity contribution < 1.29 is 134 Å². The van der Waals surface area contributed by atoms with Gasteiger partial charge in [0, 0.05) is 13.0 Å². The third-order valence-electron chi connectivity index (χ3n) is 11.8. The molecule has 25 atom stereocenters. The standard InChI is InChI=1S/C36H64N2O27/c37-38-16(44)4-2-1-3-5-56-33-28(23(51)18(46)12(7-40)58-33)63-35-30(25(53)20(48)14(9-42)60-35)65-36-31(26(54)21(49)15(10-43)61-36)64-34-29(24(52)19(47)13(8-41)59-34)62-32-27(55)22(50)17(45)11(6-39)57-32/h11-15,17-36,39-43,45-55H,1-10,37H2,(H,38,44)/t11-,12-,13-,14-,15-,17-,18-,19-,20-,21-,22+,23+,24+,25+,26+,27-,28-,29-,30-,31-,32-,33+,34-,35-,36-/m1/s1. The van der Waals surface area contributed by atoms with Crippen LogP contribution in [0, 0.1) is 0 Å². The Balaban J connectivity index is 1.43. The van der Waals surface area contributed by atoms with Gasteiger partial charge < -0.3 is 129 Å². The molecule has 0 spiro atoms. The number of amides is 1. The first-order chi connectivity index (χ1) is 31.0. The van der Waals surface area contributed by atoms with Gasteiger partial charge in [-0.3, -0.25) is 10.2 Å². The number of aliphatic hydroxyl groups excluding tert-OH is 16. The number of hydrogen-bond acceptors (Lipinski definition) is 28. The van der Waals surface area contributed by atoms with Crippen LogP contribution in [0.2, 0.25) is 0 Å². The maximum atomic E-state index is 11.5. The first-order valence-electron chi connectivity index (χ1n) is 21.0. The molecule has 29 heteroatoms. The quantitative estimate of drug-likeness (QED) is 0.0233. The summed E-state index contributed by atoms with van der Waals surface area (Å²) < 4.78 is 57.6. The largest absolute Gasteiger partial charge is 0.394 e. The minimum Gasteiger partial charge on any atom is -0.394 e. The average molecular weight is 957 g/mol. The molecular weight excluding hydrogens is 892 g/mol. The molecule has 0 aromatic carbocycles. The van der Waals surface area contributed by atoms with Gasteiger partial charge in [0.15, 0.2) is 31.5 Å². The van der Waals surface area contributed by atoms with Gasteiger partial charge in [-0.25, -0.2) is 5.84 Å². The molecular formula is C36H64N2O27. The van der Waals surface area contributed by atoms with Crippen LogP contribution in [0.15, 0.2) is 0 Å². The van der Waals surface area contributed by atoms with Crippen molar-refractivity contribution in [3.8, 4) is 0 Å². The van der Waals surface area contributed by atoms with Crippen molar-refractivity contribution in [2.75, 3.05) is 39.6 Å². The maximum Gasteiger partial charge on any atom is 0.233 e. The molecule has 5 fully saturated rings. The summed E-state index contributed by atoms with van der Waals surface area (Å²) in [6.07, 6.45) is -46.3. The Kier molecular flexibility index (Phi) is 20.7. The first-order valence-corrected chi connectivity index (χ1v) is 21.0. The van der Waals surface area contributed by atoms with Crippen LogP contribution in [0.1, 0.15) is 25.7 Å². The van der Waals surface area contributed by atoms with Gasteiger partial charge >= 0.3 is 0 Å². The lowest BCUT2D eigenvalue weighted by atomic mass is 9.95. The summed E-state index contributed by atoms with van der Waals surface area (Å²) in [6.45, 7) is -4.68. The number of nitrogens with two attached hydrogens (primary N) is 1. The first kappa shape index (κ1) is 54.3. The van der Waals surface area contributed by atoms with E-state index >= 15 is 0 Å². The molecule has 0 aliphatic carbocycles. The maximum absolute atomic E-state index is 11.5. The minimum absolute atomic E-state index is 0.0906. The highest BCUT2D eigenvalue weighted by Crippen LogP contribution is 2.37. The van der Waals surface area contributed by atoms with Crippen molar-refractivity contribution in [1.82, 2.24) is 5.43 Å². The summed E-state index contributed by atoms with van der Waals surface area (Å²) in [5.74, 6) is 4.70. The number of hydrazine groups is 1. The number of carbonyl (C=O) groups is 1. The van der Waals surface area contributed by atoms with E-state index in [1.807, 2.05) is 5.43 Å². The molecule has 19 N–H and O–H groups in total. The average Bonchev–Trinajstić information content (AvgIpc) is 3.30. The van der Waals surface area contributed by atoms with Gasteiger partial charge in [0.05, 0.1) is 33.0 Å². The van der Waals surface area contributed by atoms with E-state index in [9.17, 15) is 86.5 Å². The second-order valence-electron chi connectivity index (χ2n) is 16.2. The molecule has 65 heavy (non-hydrogen) atoms. The number of carbonyl (C=O) groups excluding carboxylic acids is 1. The van der Waals surface area contributed by atoms with Gasteiger partial charge in [0.25, 0.3) is 0 Å². The lowest BCUT2D eigenvalue weighted by molar-refractivity contribution is -0.413. The molecule has 29 nitrogen and oxygen atoms in total. The van der Waals surface area contributed by atoms with Gasteiger partial charge in [-0.15, -0.1) is 0 Å². The zero-order valence-electron chi connectivity index (χ0n) is 34.7. The SMILES string of the molecule is NNC(=O)CCCCCO[C@H]1O[C@H](CO)[C@@H](O)[C@H](O)[C@H]1O[C@H]1O[C@H](CO)[C@@H](O)[C@H](O)[C@H]1O[C@H]1O[C@H](CO)[C@@H](O)[C@H](O)[C@H]1O[C@H]1O[C@H](CO)[C@@H](O)[C@H](O)[C@H]1O[C@H]1O[C@H](CO)[C@@H](O)[C@H](O)[C@H]1O. The van der Waals surface area contributed by atoms with Crippen LogP contribution >= 0.6 is 0 Å². The van der Waals surface area contributed by atoms with E-state index in [1.54, 1.807) is 0 Å². The smallest absolute Gasteiger partial charge is 0.233 e. The fourth-order valence-corrected chi connectivity index (χ4v) is 7.90. The van der Waals surface area contributed by atoms with Crippen molar-refractivity contribution in [3.63, 3.8) is 0 Å². The van der Waals surface area contributed by atoms with Gasteiger partial charge in [-0.2, -0.15) is 0 Å². The number of rotatable bonds is 20. The van der Waals surface area contributed by atoms with Gasteiger partial charge in [-0.05, 0) is 12.8 Å². The monoisotopic (exact) mass is 956 g/mol. The van der Waals surface area contributed by atoms with Crippen LogP contribution in [-0.4, -0.2) is 281 Å². The van der Waals surface area contributed by atoms with Gasteiger partial charge in [-0.1, -0.05) is 6.42 Å². The van der Waals surface area contributed by atoms with Crippen molar-refractivity contribution in [3.05, 3.63) is 0 Å². The second-order valence-corrected chi connectivity index (χ2v) is 16.2. The predicted octanol–water partition coefficient (Wildman–Crippen LogP) is -11.4. The predicted molar refractivity (Wildman–Crippen MR) is 201 cm³/mol. The highest BCUT2D eigenvalue weighted by Gasteiger charge is 2.57. The normalized spacial score (nSPS) is 47.4. The number of ether oxygens (including phenoxy) is 10. The van der Waals surface area contributed by atoms with Crippen LogP contribution in [-0.2, 0) is 52.2 Å². The fraction of sp³-hybridized carbons (Fsp3) is 0.972. The molecule has 380 valence electrons. The summed E-state index contributed by atoms with van der Waals surface area (Å²) in [5, 5.41) is 170. The lowest BCUT2D eigenvalue weighted by Gasteiger charge is -2.50. The third-order valence-corrected chi connectivity index (χ3v) is 11.8. The summed E-state index contributed by atoms with van der Waals surface area (Å²) in [6, 6.07) is 0. The summed E-state index contributed by atoms with van der Waals surface area (Å²) in [7, 11) is 0. The molecule has 1 amide bonds. The van der Waals surface area contributed by atoms with E-state index in [0.29, 0.717) is 19.3 Å². The topological polar surface area (TPSA) is 471 Å². The summed E-state index contributed by atoms with van der Waals surface area (Å²) >= 11 is 0. The molecule has 0 saturated carbocycles. The Hall–Kier alpha value is -1.61. The van der Waals surface area contributed by atoms with E-state index in [1.165, 1.54) is 0 Å². The van der Waals surface area contributed by atoms with E-state index in [-0.39, 0.29) is 13.0 Å². The summed E-state index contributed by atoms with van der Waals surface area (Å²) in [5.41, 5.74) is 2.00. The molecule has 0 radical (unpaired) electrons. The van der Waals surface area contributed by atoms with Crippen molar-refractivity contribution in [2.45, 2.75) is 179 Å². The Labute approximate surface area is 369 Å². The van der Waals surface area contributed by atoms with Crippen LogP contribution < -0.4 is 11.3 Å². The number of unbranched alkanes of at least 4 members (excludes halogenated alkanes) is 2. The van der Waals surface area contributed by atoms with Gasteiger partial charge in [0.1, 0.15) is 122 Å². The van der Waals surface area contributed by atoms with Crippen LogP contribution in [0.4, 0.5) is 0 Å². The Morgan fingerprint density at radius 1 is 0.400 bits per heavy atom. The zero-order valence-corrected chi connectivity index (χ0v) is 34.7. The fourth-order valence-electron chi connectivity index (χ4n) is 7.90. The molecule has 0 unspecified atom stereocenters. The lowest BCUT2D eigenvalue weighted by Crippen LogP contribution is -2.68. The van der Waals surface area contributed by atoms with Crippen molar-refractivity contribution >= 4 is 5.91 Å². The van der Waals surface area contributed by atoms with Crippen molar-refractivity contribution in [2.24, 2.45) is 5.84 Å². The number of nitrogens with one attached hydrogen (secondary N) is 1. The molecule has 0 aromatic heterocycles. The van der Waals surface area contributed by atoms with Crippen molar-refractivity contribution in [1.29, 1.82) is 0 Å². The van der Waals surface area contributed by atoms with E-state index in [4.69, 9.17) is 53.2 Å². The Morgan fingerprint density at radius 3 is 1.06 bits per heavy atom. The molecule has 5 saturated heterocycles. The third kappa shape index (κ3) is 12.4. The van der Waals surface area contributed by atoms with E-state index in [2.05, 4.69) is 0 Å². The van der Waals surface area contributed by atoms with E-state index < -0.39 is 192 Å². The van der Waals surface area contributed by atoms with Crippen LogP contribution in [0.25, 0.3) is 0 Å². The molecule has 5 heterocycles. The number of aliphatic hydroxyl groups is 16. The molecule has 5 rings (SSSR count). The Bertz CT molecular complexity index is 1430. The molecule has 5 aliphatic heterocycles. The summed E-state index contributed by atoms with van der Waals surface area (Å²) in [4.78, 5) is 11.5. The molecule has 5 aliphatic rings. The van der Waals surface area contributed by atoms with E-state index in [0.717, 1.165) is 0 Å². The van der Waals surface area contributed by atoms with Gasteiger partial charge in [0.2, 0.25) is 5.91 Å². The zero-order chi connectivity index (χ0) is 47.9. The second kappa shape index (κ2) is 24.8. The molecule has 0 bridgehead atoms. The molecule has 0 aromatic rings. The Morgan fingerprint density at radius 2 is 0.708 bits per heavy atom. The highest BCUT2D eigenvalue weighted by molar-refractivity contribution is 5.75. The highest BCUT2D eigenvalue weighted by atomic mass is 16.8. The van der Waals surface area contributed by atoms with Crippen LogP contribution in [0.3, 0.4) is 0 Å². The van der Waals surface area contributed by atoms with Crippen LogP contribution in [0.5, 0.6) is 0 Å². The minimum atomic E-state index is -2.17. The number of hydrogen-bond donors (Lipinski definition) is 18.